The minimum Gasteiger partial charge on any atom is -0.338 e. The topological polar surface area (TPSA) is 69.7 Å². The summed E-state index contributed by atoms with van der Waals surface area (Å²) in [5.41, 5.74) is -0.457. The van der Waals surface area contributed by atoms with Crippen molar-refractivity contribution in [2.24, 2.45) is 0 Å². The molecule has 4 amide bonds. The predicted molar refractivity (Wildman–Crippen MR) is 111 cm³/mol. The zero-order chi connectivity index (χ0) is 20.6. The lowest BCUT2D eigenvalue weighted by Crippen LogP contribution is -2.49. The van der Waals surface area contributed by atoms with Gasteiger partial charge in [-0.05, 0) is 55.0 Å². The van der Waals surface area contributed by atoms with Crippen molar-refractivity contribution in [3.05, 3.63) is 48.0 Å². The molecule has 29 heavy (non-hydrogen) atoms. The van der Waals surface area contributed by atoms with Gasteiger partial charge in [0.1, 0.15) is 12.1 Å². The van der Waals surface area contributed by atoms with Crippen LogP contribution in [0.5, 0.6) is 0 Å². The minimum atomic E-state index is -1.17. The standard InChI is InChI=1S/C23H27N3O3/c1-3-19-10-6-7-13-25(19)20(27)15-26-21(28)23(2,24-22(26)29)18-12-11-16-8-4-5-9-17(16)14-18/h4-5,8-9,11-12,14,19H,3,6-7,10,13,15H2,1-2H3,(H,24,29)/t19-,23+/m1/s1. The van der Waals surface area contributed by atoms with E-state index >= 15 is 0 Å². The number of imide groups is 1. The molecule has 6 nitrogen and oxygen atoms in total. The largest absolute Gasteiger partial charge is 0.338 e. The lowest BCUT2D eigenvalue weighted by atomic mass is 9.90. The fraction of sp³-hybridized carbons (Fsp3) is 0.435. The smallest absolute Gasteiger partial charge is 0.325 e. The van der Waals surface area contributed by atoms with Crippen LogP contribution in [0.15, 0.2) is 42.5 Å². The Morgan fingerprint density at radius 1 is 1.14 bits per heavy atom. The highest BCUT2D eigenvalue weighted by molar-refractivity contribution is 6.09. The first-order valence-corrected chi connectivity index (χ1v) is 10.4. The summed E-state index contributed by atoms with van der Waals surface area (Å²) in [7, 11) is 0. The molecule has 0 saturated carbocycles. The zero-order valence-electron chi connectivity index (χ0n) is 17.0. The van der Waals surface area contributed by atoms with E-state index in [9.17, 15) is 14.4 Å². The van der Waals surface area contributed by atoms with E-state index in [4.69, 9.17) is 0 Å². The number of amides is 4. The van der Waals surface area contributed by atoms with E-state index < -0.39 is 11.6 Å². The molecule has 6 heteroatoms. The second kappa shape index (κ2) is 7.50. The van der Waals surface area contributed by atoms with Crippen molar-refractivity contribution >= 4 is 28.6 Å². The number of likely N-dealkylation sites (tertiary alicyclic amines) is 1. The van der Waals surface area contributed by atoms with E-state index in [0.717, 1.165) is 41.4 Å². The Labute approximate surface area is 170 Å². The van der Waals surface area contributed by atoms with Crippen LogP contribution >= 0.6 is 0 Å². The monoisotopic (exact) mass is 393 g/mol. The molecule has 2 atom stereocenters. The lowest BCUT2D eigenvalue weighted by molar-refractivity contribution is -0.141. The lowest BCUT2D eigenvalue weighted by Gasteiger charge is -2.36. The SMILES string of the molecule is CC[C@@H]1CCCCN1C(=O)CN1C(=O)N[C@@](C)(c2ccc3ccccc3c2)C1=O. The summed E-state index contributed by atoms with van der Waals surface area (Å²) in [5, 5.41) is 4.88. The van der Waals surface area contributed by atoms with Gasteiger partial charge in [-0.3, -0.25) is 14.5 Å². The van der Waals surface area contributed by atoms with Crippen molar-refractivity contribution in [3.8, 4) is 0 Å². The Morgan fingerprint density at radius 2 is 1.90 bits per heavy atom. The maximum atomic E-state index is 13.2. The highest BCUT2D eigenvalue weighted by Crippen LogP contribution is 2.31. The molecular weight excluding hydrogens is 366 g/mol. The molecule has 2 aromatic carbocycles. The molecule has 4 rings (SSSR count). The molecule has 152 valence electrons. The van der Waals surface area contributed by atoms with Crippen LogP contribution in [0, 0.1) is 0 Å². The van der Waals surface area contributed by atoms with E-state index in [1.807, 2.05) is 47.4 Å². The fourth-order valence-electron chi connectivity index (χ4n) is 4.52. The number of piperidine rings is 1. The van der Waals surface area contributed by atoms with Crippen molar-refractivity contribution in [3.63, 3.8) is 0 Å². The molecule has 0 aliphatic carbocycles. The average Bonchev–Trinajstić information content (AvgIpc) is 2.97. The third-order valence-electron chi connectivity index (χ3n) is 6.31. The molecule has 0 bridgehead atoms. The number of urea groups is 1. The Bertz CT molecular complexity index is 973. The van der Waals surface area contributed by atoms with Crippen LogP contribution in [0.25, 0.3) is 10.8 Å². The summed E-state index contributed by atoms with van der Waals surface area (Å²) >= 11 is 0. The molecule has 2 fully saturated rings. The van der Waals surface area contributed by atoms with Gasteiger partial charge in [-0.1, -0.05) is 43.3 Å². The molecule has 2 heterocycles. The van der Waals surface area contributed by atoms with E-state index in [-0.39, 0.29) is 24.4 Å². The quantitative estimate of drug-likeness (QED) is 0.810. The van der Waals surface area contributed by atoms with Gasteiger partial charge < -0.3 is 10.2 Å². The van der Waals surface area contributed by atoms with E-state index in [1.54, 1.807) is 6.92 Å². The van der Waals surface area contributed by atoms with Crippen LogP contribution in [0.3, 0.4) is 0 Å². The first-order valence-electron chi connectivity index (χ1n) is 10.4. The summed E-state index contributed by atoms with van der Waals surface area (Å²) < 4.78 is 0. The average molecular weight is 393 g/mol. The molecule has 0 aromatic heterocycles. The summed E-state index contributed by atoms with van der Waals surface area (Å²) in [5.74, 6) is -0.529. The molecular formula is C23H27N3O3. The predicted octanol–water partition coefficient (Wildman–Crippen LogP) is 3.40. The molecule has 0 unspecified atom stereocenters. The second-order valence-corrected chi connectivity index (χ2v) is 8.15. The van der Waals surface area contributed by atoms with Gasteiger partial charge in [0.15, 0.2) is 0 Å². The number of hydrogen-bond acceptors (Lipinski definition) is 3. The normalized spacial score (nSPS) is 24.8. The van der Waals surface area contributed by atoms with Gasteiger partial charge >= 0.3 is 6.03 Å². The van der Waals surface area contributed by atoms with Crippen LogP contribution < -0.4 is 5.32 Å². The number of nitrogens with zero attached hydrogens (tertiary/aromatic N) is 2. The van der Waals surface area contributed by atoms with Crippen LogP contribution in [0.4, 0.5) is 4.79 Å². The highest BCUT2D eigenvalue weighted by Gasteiger charge is 2.50. The third-order valence-corrected chi connectivity index (χ3v) is 6.31. The van der Waals surface area contributed by atoms with Crippen LogP contribution in [-0.4, -0.2) is 46.8 Å². The van der Waals surface area contributed by atoms with Crippen molar-refractivity contribution in [1.29, 1.82) is 0 Å². The molecule has 2 aromatic rings. The van der Waals surface area contributed by atoms with Crippen molar-refractivity contribution in [2.45, 2.75) is 51.1 Å². The Balaban J connectivity index is 1.56. The molecule has 0 radical (unpaired) electrons. The summed E-state index contributed by atoms with van der Waals surface area (Å²) in [4.78, 5) is 41.6. The van der Waals surface area contributed by atoms with Crippen LogP contribution in [0.2, 0.25) is 0 Å². The van der Waals surface area contributed by atoms with Gasteiger partial charge in [-0.25, -0.2) is 4.79 Å². The van der Waals surface area contributed by atoms with Gasteiger partial charge in [0.05, 0.1) is 0 Å². The van der Waals surface area contributed by atoms with E-state index in [0.29, 0.717) is 12.1 Å². The number of carbonyl (C=O) groups is 3. The Kier molecular flexibility index (Phi) is 5.03. The summed E-state index contributed by atoms with van der Waals surface area (Å²) in [6.45, 7) is 4.27. The maximum absolute atomic E-state index is 13.2. The van der Waals surface area contributed by atoms with Gasteiger partial charge in [-0.15, -0.1) is 0 Å². The molecule has 0 spiro atoms. The van der Waals surface area contributed by atoms with Crippen LogP contribution in [-0.2, 0) is 15.1 Å². The van der Waals surface area contributed by atoms with Crippen molar-refractivity contribution < 1.29 is 14.4 Å². The van der Waals surface area contributed by atoms with Crippen molar-refractivity contribution in [1.82, 2.24) is 15.1 Å². The minimum absolute atomic E-state index is 0.150. The number of hydrogen-bond donors (Lipinski definition) is 1. The molecule has 2 aliphatic heterocycles. The fourth-order valence-corrected chi connectivity index (χ4v) is 4.52. The van der Waals surface area contributed by atoms with Gasteiger partial charge in [0.2, 0.25) is 5.91 Å². The number of benzene rings is 2. The number of rotatable bonds is 4. The highest BCUT2D eigenvalue weighted by atomic mass is 16.2. The van der Waals surface area contributed by atoms with E-state index in [2.05, 4.69) is 12.2 Å². The Morgan fingerprint density at radius 3 is 2.66 bits per heavy atom. The van der Waals surface area contributed by atoms with Gasteiger partial charge in [-0.2, -0.15) is 0 Å². The first-order chi connectivity index (χ1) is 13.9. The number of nitrogens with one attached hydrogen (secondary N) is 1. The zero-order valence-corrected chi connectivity index (χ0v) is 17.0. The molecule has 1 N–H and O–H groups in total. The summed E-state index contributed by atoms with van der Waals surface area (Å²) in [6, 6.07) is 13.3. The molecule has 2 saturated heterocycles. The van der Waals surface area contributed by atoms with E-state index in [1.165, 1.54) is 0 Å². The summed E-state index contributed by atoms with van der Waals surface area (Å²) in [6.07, 6.45) is 3.96. The van der Waals surface area contributed by atoms with Gasteiger partial charge in [0.25, 0.3) is 5.91 Å². The van der Waals surface area contributed by atoms with Crippen molar-refractivity contribution in [2.75, 3.05) is 13.1 Å². The Hall–Kier alpha value is -2.89. The maximum Gasteiger partial charge on any atom is 0.325 e. The van der Waals surface area contributed by atoms with Crippen LogP contribution in [0.1, 0.15) is 45.1 Å². The van der Waals surface area contributed by atoms with Gasteiger partial charge in [0, 0.05) is 12.6 Å². The molecule has 2 aliphatic rings. The third kappa shape index (κ3) is 3.37. The number of fused-ring (bicyclic) bond motifs is 1. The first kappa shape index (κ1) is 19.4. The number of carbonyl (C=O) groups excluding carboxylic acids is 3. The second-order valence-electron chi connectivity index (χ2n) is 8.15.